The van der Waals surface area contributed by atoms with Gasteiger partial charge in [-0.1, -0.05) is 0 Å². The number of Topliss-reactive ketones (excluding diaryl/α,β-unsaturated/α-hetero) is 1. The van der Waals surface area contributed by atoms with Crippen LogP contribution in [0.4, 0.5) is 14.7 Å². The van der Waals surface area contributed by atoms with E-state index in [1.165, 1.54) is 25.2 Å². The molecule has 1 atom stereocenters. The molecule has 7 nitrogen and oxygen atoms in total. The first-order chi connectivity index (χ1) is 13.6. The summed E-state index contributed by atoms with van der Waals surface area (Å²) in [6.45, 7) is 6.01. The number of furan rings is 1. The standard InChI is InChI=1S/C20H22F2N2O5/c1-5-28-20(27)18-17(11(3)25)12(4)29-19(18)24-16(26)9-23-10(2)14-7-6-13(21)8-15(14)22/h6-8,10,23H,5,9H2,1-4H3,(H,24,26)/p+1/t10-/m1/s1. The molecule has 3 N–H and O–H groups in total. The summed E-state index contributed by atoms with van der Waals surface area (Å²) >= 11 is 0. The molecule has 1 aromatic heterocycles. The minimum Gasteiger partial charge on any atom is -0.462 e. The number of carbonyl (C=O) groups is 3. The van der Waals surface area contributed by atoms with Crippen molar-refractivity contribution in [1.29, 1.82) is 0 Å². The maximum atomic E-state index is 13.9. The van der Waals surface area contributed by atoms with Crippen LogP contribution in [0.2, 0.25) is 0 Å². The highest BCUT2D eigenvalue weighted by atomic mass is 19.1. The van der Waals surface area contributed by atoms with Crippen molar-refractivity contribution in [2.75, 3.05) is 18.5 Å². The zero-order chi connectivity index (χ0) is 21.7. The molecule has 0 radical (unpaired) electrons. The number of ketones is 1. The predicted molar refractivity (Wildman–Crippen MR) is 99.6 cm³/mol. The van der Waals surface area contributed by atoms with Gasteiger partial charge in [-0.05, 0) is 39.8 Å². The lowest BCUT2D eigenvalue weighted by Crippen LogP contribution is -2.86. The molecule has 0 spiro atoms. The van der Waals surface area contributed by atoms with Crippen molar-refractivity contribution >= 4 is 23.5 Å². The Morgan fingerprint density at radius 1 is 1.24 bits per heavy atom. The van der Waals surface area contributed by atoms with Gasteiger partial charge in [0.05, 0.1) is 12.2 Å². The van der Waals surface area contributed by atoms with Crippen molar-refractivity contribution in [3.63, 3.8) is 0 Å². The van der Waals surface area contributed by atoms with E-state index >= 15 is 0 Å². The van der Waals surface area contributed by atoms with Gasteiger partial charge in [-0.15, -0.1) is 0 Å². The molecule has 0 bridgehead atoms. The highest BCUT2D eigenvalue weighted by molar-refractivity contribution is 6.10. The van der Waals surface area contributed by atoms with Gasteiger partial charge in [-0.3, -0.25) is 14.9 Å². The number of nitrogens with one attached hydrogen (secondary N) is 1. The molecule has 0 aliphatic rings. The van der Waals surface area contributed by atoms with Crippen LogP contribution in [0.25, 0.3) is 0 Å². The largest absolute Gasteiger partial charge is 0.462 e. The summed E-state index contributed by atoms with van der Waals surface area (Å²) in [7, 11) is 0. The Hall–Kier alpha value is -3.07. The molecule has 1 amide bonds. The molecular formula is C20H23F2N2O5+. The van der Waals surface area contributed by atoms with Crippen LogP contribution in [-0.2, 0) is 9.53 Å². The maximum Gasteiger partial charge on any atom is 0.344 e. The molecule has 0 fully saturated rings. The third-order valence-corrected chi connectivity index (χ3v) is 4.28. The van der Waals surface area contributed by atoms with Crippen molar-refractivity contribution in [2.24, 2.45) is 0 Å². The van der Waals surface area contributed by atoms with E-state index in [1.54, 1.807) is 13.8 Å². The molecule has 2 rings (SSSR count). The van der Waals surface area contributed by atoms with Crippen LogP contribution in [0.1, 0.15) is 58.9 Å². The third kappa shape index (κ3) is 5.26. The zero-order valence-electron chi connectivity index (χ0n) is 16.6. The first-order valence-corrected chi connectivity index (χ1v) is 9.05. The van der Waals surface area contributed by atoms with Crippen molar-refractivity contribution in [3.05, 3.63) is 52.3 Å². The Labute approximate surface area is 166 Å². The lowest BCUT2D eigenvalue weighted by molar-refractivity contribution is -0.682. The second-order valence-electron chi connectivity index (χ2n) is 6.46. The van der Waals surface area contributed by atoms with Crippen molar-refractivity contribution in [3.8, 4) is 0 Å². The first kappa shape index (κ1) is 22.2. The van der Waals surface area contributed by atoms with Gasteiger partial charge >= 0.3 is 5.97 Å². The number of anilines is 1. The fourth-order valence-electron chi connectivity index (χ4n) is 2.91. The summed E-state index contributed by atoms with van der Waals surface area (Å²) in [5.41, 5.74) is 0.159. The van der Waals surface area contributed by atoms with Gasteiger partial charge < -0.3 is 14.5 Å². The average Bonchev–Trinajstić information content (AvgIpc) is 2.96. The van der Waals surface area contributed by atoms with Crippen molar-refractivity contribution in [1.82, 2.24) is 0 Å². The van der Waals surface area contributed by atoms with Gasteiger partial charge in [-0.2, -0.15) is 0 Å². The first-order valence-electron chi connectivity index (χ1n) is 9.05. The van der Waals surface area contributed by atoms with E-state index in [4.69, 9.17) is 9.15 Å². The minimum absolute atomic E-state index is 0.0458. The number of quaternary nitrogens is 1. The Bertz CT molecular complexity index is 939. The molecule has 1 heterocycles. The normalized spacial score (nSPS) is 11.8. The van der Waals surface area contributed by atoms with Crippen LogP contribution < -0.4 is 10.6 Å². The molecule has 0 aliphatic carbocycles. The molecule has 9 heteroatoms. The van der Waals surface area contributed by atoms with E-state index in [-0.39, 0.29) is 41.5 Å². The average molecular weight is 409 g/mol. The van der Waals surface area contributed by atoms with E-state index < -0.39 is 35.3 Å². The lowest BCUT2D eigenvalue weighted by Gasteiger charge is -2.12. The molecule has 2 aromatic rings. The van der Waals surface area contributed by atoms with Gasteiger partial charge in [0, 0.05) is 11.6 Å². The van der Waals surface area contributed by atoms with Crippen LogP contribution >= 0.6 is 0 Å². The van der Waals surface area contributed by atoms with Crippen LogP contribution in [0.3, 0.4) is 0 Å². The van der Waals surface area contributed by atoms with Crippen LogP contribution in [-0.4, -0.2) is 30.8 Å². The van der Waals surface area contributed by atoms with Crippen molar-refractivity contribution < 1.29 is 37.6 Å². The maximum absolute atomic E-state index is 13.9. The summed E-state index contributed by atoms with van der Waals surface area (Å²) in [6, 6.07) is 2.78. The van der Waals surface area contributed by atoms with Gasteiger partial charge in [0.25, 0.3) is 5.91 Å². The van der Waals surface area contributed by atoms with Crippen LogP contribution in [0.15, 0.2) is 22.6 Å². The van der Waals surface area contributed by atoms with Crippen LogP contribution in [0.5, 0.6) is 0 Å². The Morgan fingerprint density at radius 3 is 2.52 bits per heavy atom. The smallest absolute Gasteiger partial charge is 0.344 e. The number of aryl methyl sites for hydroxylation is 1. The number of hydrogen-bond acceptors (Lipinski definition) is 5. The molecule has 0 aliphatic heterocycles. The number of benzene rings is 1. The van der Waals surface area contributed by atoms with Gasteiger partial charge in [0.2, 0.25) is 5.88 Å². The Kier molecular flexibility index (Phi) is 7.22. The summed E-state index contributed by atoms with van der Waals surface area (Å²) in [4.78, 5) is 36.4. The number of amides is 1. The number of carbonyl (C=O) groups excluding carboxylic acids is 3. The number of halogens is 2. The van der Waals surface area contributed by atoms with Crippen molar-refractivity contribution in [2.45, 2.75) is 33.7 Å². The second kappa shape index (κ2) is 9.42. The highest BCUT2D eigenvalue weighted by Crippen LogP contribution is 2.28. The third-order valence-electron chi connectivity index (χ3n) is 4.28. The fraction of sp³-hybridized carbons (Fsp3) is 0.350. The number of ether oxygens (including phenoxy) is 1. The monoisotopic (exact) mass is 409 g/mol. The molecular weight excluding hydrogens is 386 g/mol. The molecule has 0 saturated carbocycles. The zero-order valence-corrected chi connectivity index (χ0v) is 16.6. The molecule has 0 saturated heterocycles. The number of esters is 1. The predicted octanol–water partition coefficient (Wildman–Crippen LogP) is 2.51. The highest BCUT2D eigenvalue weighted by Gasteiger charge is 2.29. The van der Waals surface area contributed by atoms with Gasteiger partial charge in [-0.25, -0.2) is 13.6 Å². The molecule has 29 heavy (non-hydrogen) atoms. The van der Waals surface area contributed by atoms with Gasteiger partial charge in [0.1, 0.15) is 29.0 Å². The fourth-order valence-corrected chi connectivity index (χ4v) is 2.91. The number of rotatable bonds is 8. The van der Waals surface area contributed by atoms with E-state index in [2.05, 4.69) is 5.32 Å². The lowest BCUT2D eigenvalue weighted by atomic mass is 10.1. The van der Waals surface area contributed by atoms with E-state index in [9.17, 15) is 23.2 Å². The van der Waals surface area contributed by atoms with E-state index in [1.807, 2.05) is 0 Å². The number of hydrogen-bond donors (Lipinski definition) is 2. The second-order valence-corrected chi connectivity index (χ2v) is 6.46. The summed E-state index contributed by atoms with van der Waals surface area (Å²) in [5, 5.41) is 3.99. The Balaban J connectivity index is 2.13. The number of nitrogens with two attached hydrogens (primary N) is 1. The molecule has 0 unspecified atom stereocenters. The summed E-state index contributed by atoms with van der Waals surface area (Å²) < 4.78 is 37.2. The Morgan fingerprint density at radius 2 is 1.93 bits per heavy atom. The van der Waals surface area contributed by atoms with Gasteiger partial charge in [0.15, 0.2) is 12.3 Å². The quantitative estimate of drug-likeness (QED) is 0.515. The van der Waals surface area contributed by atoms with Crippen LogP contribution in [0, 0.1) is 18.6 Å². The topological polar surface area (TPSA) is 102 Å². The summed E-state index contributed by atoms with van der Waals surface area (Å²) in [6.07, 6.45) is 0. The minimum atomic E-state index is -0.782. The molecule has 1 aromatic carbocycles. The van der Waals surface area contributed by atoms with E-state index in [0.29, 0.717) is 0 Å². The molecule has 156 valence electrons. The summed E-state index contributed by atoms with van der Waals surface area (Å²) in [5.74, 6) is -3.10. The van der Waals surface area contributed by atoms with E-state index in [0.717, 1.165) is 12.1 Å². The SMILES string of the molecule is CCOC(=O)c1c(NC(=O)C[NH2+][C@H](C)c2ccc(F)cc2F)oc(C)c1C(C)=O.